The van der Waals surface area contributed by atoms with Gasteiger partial charge in [0.15, 0.2) is 11.0 Å². The lowest BCUT2D eigenvalue weighted by Crippen LogP contribution is -2.31. The Kier molecular flexibility index (Phi) is 7.90. The molecule has 1 aromatic heterocycles. The highest BCUT2D eigenvalue weighted by Crippen LogP contribution is 3.02. The van der Waals surface area contributed by atoms with E-state index in [0.717, 1.165) is 57.7 Å². The molecule has 0 aliphatic carbocycles. The molecule has 0 spiro atoms. The monoisotopic (exact) mass is 702 g/mol. The number of amidine groups is 1. The molecule has 0 atom stereocenters. The Balaban J connectivity index is 1.19. The van der Waals surface area contributed by atoms with E-state index in [2.05, 4.69) is 20.4 Å². The molecule has 0 unspecified atom stereocenters. The van der Waals surface area contributed by atoms with Crippen LogP contribution in [0.1, 0.15) is 16.7 Å². The predicted octanol–water partition coefficient (Wildman–Crippen LogP) is 9.30. The highest BCUT2D eigenvalue weighted by Gasteiger charge is 2.65. The van der Waals surface area contributed by atoms with Crippen LogP contribution in [0.15, 0.2) is 107 Å². The first kappa shape index (κ1) is 32.8. The van der Waals surface area contributed by atoms with Gasteiger partial charge < -0.3 is 5.32 Å². The maximum Gasteiger partial charge on any atom is 0.347 e. The first-order valence-electron chi connectivity index (χ1n) is 14.1. The minimum absolute atomic E-state index is 0.0120. The molecule has 5 aromatic rings. The van der Waals surface area contributed by atoms with E-state index < -0.39 is 27.0 Å². The van der Waals surface area contributed by atoms with E-state index in [1.807, 2.05) is 55.5 Å². The molecule has 16 heteroatoms. The van der Waals surface area contributed by atoms with E-state index in [4.69, 9.17) is 0 Å². The van der Waals surface area contributed by atoms with Crippen molar-refractivity contribution in [2.45, 2.75) is 18.2 Å². The third kappa shape index (κ3) is 7.23. The van der Waals surface area contributed by atoms with Crippen LogP contribution < -0.4 is 10.2 Å². The van der Waals surface area contributed by atoms with E-state index in [0.29, 0.717) is 12.1 Å². The number of carbonyl (C=O) groups excluding carboxylic acids is 2. The molecule has 3 amide bonds. The second kappa shape index (κ2) is 11.6. The van der Waals surface area contributed by atoms with Crippen molar-refractivity contribution in [2.75, 3.05) is 16.0 Å². The highest BCUT2D eigenvalue weighted by molar-refractivity contribution is 8.45. The molecule has 1 fully saturated rings. The van der Waals surface area contributed by atoms with Gasteiger partial charge in [-0.1, -0.05) is 73.7 Å². The number of hydrogen-bond acceptors (Lipinski definition) is 5. The summed E-state index contributed by atoms with van der Waals surface area (Å²) in [6, 6.07) is 20.3. The number of rotatable bonds is 7. The Morgan fingerprint density at radius 3 is 2.38 bits per heavy atom. The number of hydrogen-bond donors (Lipinski definition) is 1. The highest BCUT2D eigenvalue weighted by atomic mass is 32.5. The van der Waals surface area contributed by atoms with Crippen molar-refractivity contribution in [3.8, 4) is 17.1 Å². The molecule has 248 valence electrons. The van der Waals surface area contributed by atoms with Crippen LogP contribution in [0.4, 0.5) is 40.0 Å². The maximum absolute atomic E-state index is 15.1. The maximum atomic E-state index is 15.1. The van der Waals surface area contributed by atoms with Gasteiger partial charge in [0, 0.05) is 5.56 Å². The second-order valence-corrected chi connectivity index (χ2v) is 14.2. The minimum Gasteiger partial charge on any atom is -0.303 e. The van der Waals surface area contributed by atoms with E-state index >= 15 is 4.39 Å². The topological polar surface area (TPSA) is 92.5 Å². The number of aromatic nitrogens is 3. The molecule has 0 saturated carbocycles. The fourth-order valence-corrected chi connectivity index (χ4v) is 6.40. The predicted molar refractivity (Wildman–Crippen MR) is 175 cm³/mol. The van der Waals surface area contributed by atoms with Gasteiger partial charge in [0.25, 0.3) is 0 Å². The number of urea groups is 1. The van der Waals surface area contributed by atoms with Crippen molar-refractivity contribution in [1.29, 1.82) is 0 Å². The normalized spacial score (nSPS) is 15.8. The number of nitrogens with one attached hydrogen (secondary N) is 1. The molecule has 1 aliphatic rings. The zero-order chi connectivity index (χ0) is 34.3. The number of halogens is 6. The van der Waals surface area contributed by atoms with Gasteiger partial charge in [0.05, 0.1) is 22.8 Å². The van der Waals surface area contributed by atoms with E-state index in [-0.39, 0.29) is 51.7 Å². The number of benzene rings is 4. The summed E-state index contributed by atoms with van der Waals surface area (Å²) in [5.41, 5.74) is 3.34. The molecule has 2 heterocycles. The van der Waals surface area contributed by atoms with Crippen LogP contribution in [0.3, 0.4) is 0 Å². The molecule has 0 bridgehead atoms. The smallest absolute Gasteiger partial charge is 0.303 e. The number of aryl methyl sites for hydroxylation is 1. The first-order chi connectivity index (χ1) is 22.5. The van der Waals surface area contributed by atoms with Gasteiger partial charge in [0.1, 0.15) is 17.0 Å². The standard InChI is InChI=1S/C32H24F6N6O2S2/c1-20-7-8-22(16-21-5-3-2-4-6-21)28(15-20)44-29(45)18-47-32(44)41-31(46)40-27-14-9-23(17-26(27)33)30-39-19-43(42-30)24-10-12-25(13-11-24)48(34,35,36,37)38/h2-15,17,19H,16,18H2,1H3,(H,40,46)/b41-32-. The number of aliphatic imine (C=N–C) groups is 1. The van der Waals surface area contributed by atoms with Crippen LogP contribution in [0.2, 0.25) is 0 Å². The number of anilines is 2. The molecule has 48 heavy (non-hydrogen) atoms. The second-order valence-electron chi connectivity index (χ2n) is 10.8. The molecular weight excluding hydrogens is 679 g/mol. The van der Waals surface area contributed by atoms with Crippen molar-refractivity contribution >= 4 is 50.5 Å². The van der Waals surface area contributed by atoms with Crippen LogP contribution >= 0.6 is 22.0 Å². The Morgan fingerprint density at radius 1 is 0.958 bits per heavy atom. The van der Waals surface area contributed by atoms with Crippen molar-refractivity contribution in [1.82, 2.24) is 14.8 Å². The Morgan fingerprint density at radius 2 is 1.69 bits per heavy atom. The summed E-state index contributed by atoms with van der Waals surface area (Å²) in [6.07, 6.45) is 1.67. The van der Waals surface area contributed by atoms with Gasteiger partial charge in [-0.2, -0.15) is 4.99 Å². The number of amides is 3. The van der Waals surface area contributed by atoms with Gasteiger partial charge in [-0.3, -0.25) is 9.69 Å². The summed E-state index contributed by atoms with van der Waals surface area (Å²) >= 11 is 1.08. The molecule has 1 N–H and O–H groups in total. The summed E-state index contributed by atoms with van der Waals surface area (Å²) in [6.45, 7) is 1.89. The number of carbonyl (C=O) groups is 2. The quantitative estimate of drug-likeness (QED) is 0.171. The van der Waals surface area contributed by atoms with Gasteiger partial charge in [-0.15, -0.1) is 5.10 Å². The Hall–Kier alpha value is -5.09. The van der Waals surface area contributed by atoms with Crippen LogP contribution in [-0.2, 0) is 11.2 Å². The molecule has 0 radical (unpaired) electrons. The van der Waals surface area contributed by atoms with Crippen molar-refractivity contribution in [3.63, 3.8) is 0 Å². The first-order valence-corrected chi connectivity index (χ1v) is 17.0. The van der Waals surface area contributed by atoms with E-state index in [1.54, 1.807) is 0 Å². The lowest BCUT2D eigenvalue weighted by molar-refractivity contribution is -0.115. The minimum atomic E-state index is -9.84. The average Bonchev–Trinajstić information content (AvgIpc) is 3.66. The molecule has 1 aliphatic heterocycles. The molecule has 1 saturated heterocycles. The fraction of sp³-hybridized carbons (Fsp3) is 0.0938. The van der Waals surface area contributed by atoms with Gasteiger partial charge >= 0.3 is 16.3 Å². The van der Waals surface area contributed by atoms with Crippen LogP contribution in [0.25, 0.3) is 17.1 Å². The van der Waals surface area contributed by atoms with Crippen molar-refractivity contribution < 1.29 is 33.4 Å². The summed E-state index contributed by atoms with van der Waals surface area (Å²) < 4.78 is 81.3. The summed E-state index contributed by atoms with van der Waals surface area (Å²) in [5.74, 6) is -1.09. The summed E-state index contributed by atoms with van der Waals surface area (Å²) in [7, 11) is -9.84. The van der Waals surface area contributed by atoms with Crippen molar-refractivity contribution in [2.24, 2.45) is 4.99 Å². The zero-order valence-electron chi connectivity index (χ0n) is 24.8. The lowest BCUT2D eigenvalue weighted by Gasteiger charge is -2.40. The zero-order valence-corrected chi connectivity index (χ0v) is 26.4. The van der Waals surface area contributed by atoms with Gasteiger partial charge in [-0.05, 0) is 78.6 Å². The fourth-order valence-electron chi connectivity index (χ4n) is 4.89. The summed E-state index contributed by atoms with van der Waals surface area (Å²) in [4.78, 5) is 33.3. The number of thioether (sulfide) groups is 1. The van der Waals surface area contributed by atoms with E-state index in [9.17, 15) is 29.0 Å². The van der Waals surface area contributed by atoms with Crippen LogP contribution in [0, 0.1) is 12.7 Å². The molecule has 8 nitrogen and oxygen atoms in total. The van der Waals surface area contributed by atoms with Crippen molar-refractivity contribution in [3.05, 3.63) is 120 Å². The largest absolute Gasteiger partial charge is 0.347 e. The Labute approximate surface area is 274 Å². The SMILES string of the molecule is Cc1ccc(Cc2ccccc2)c(N2C(=O)CS/C2=N\C(=O)Nc2ccc(-c3ncn(-c4ccc(S(F)(F)(F)(F)F)cc4)n3)cc2F)c1. The molecule has 6 rings (SSSR count). The molecular formula is C32H24F6N6O2S2. The van der Waals surface area contributed by atoms with Crippen LogP contribution in [0.5, 0.6) is 0 Å². The lowest BCUT2D eigenvalue weighted by atomic mass is 10.0. The third-order valence-electron chi connectivity index (χ3n) is 7.19. The number of nitrogens with zero attached hydrogens (tertiary/aromatic N) is 5. The van der Waals surface area contributed by atoms with Gasteiger partial charge in [-0.25, -0.2) is 18.9 Å². The average molecular weight is 703 g/mol. The van der Waals surface area contributed by atoms with E-state index in [1.165, 1.54) is 17.0 Å². The van der Waals surface area contributed by atoms with Crippen LogP contribution in [-0.4, -0.2) is 37.6 Å². The van der Waals surface area contributed by atoms with Gasteiger partial charge in [0.2, 0.25) is 5.91 Å². The Bertz CT molecular complexity index is 2090. The molecule has 4 aromatic carbocycles. The third-order valence-corrected chi connectivity index (χ3v) is 9.28. The summed E-state index contributed by atoms with van der Waals surface area (Å²) in [5, 5.41) is 6.60.